The van der Waals surface area contributed by atoms with Gasteiger partial charge in [0.2, 0.25) is 0 Å². The van der Waals surface area contributed by atoms with E-state index in [4.69, 9.17) is 23.2 Å². The van der Waals surface area contributed by atoms with Crippen LogP contribution in [0.5, 0.6) is 5.75 Å². The minimum atomic E-state index is -0.280. The lowest BCUT2D eigenvalue weighted by Gasteiger charge is -2.14. The maximum absolute atomic E-state index is 13.3. The van der Waals surface area contributed by atoms with Crippen LogP contribution in [0.3, 0.4) is 0 Å². The van der Waals surface area contributed by atoms with Gasteiger partial charge in [0, 0.05) is 5.56 Å². The molecule has 0 atom stereocenters. The van der Waals surface area contributed by atoms with Gasteiger partial charge in [-0.1, -0.05) is 59.6 Å². The molecule has 0 aliphatic heterocycles. The molecule has 4 aromatic rings. The van der Waals surface area contributed by atoms with Gasteiger partial charge in [0.05, 0.1) is 26.6 Å². The lowest BCUT2D eigenvalue weighted by Crippen LogP contribution is -2.23. The summed E-state index contributed by atoms with van der Waals surface area (Å²) in [4.78, 5) is 17.9. The molecule has 4 nitrogen and oxygen atoms in total. The van der Waals surface area contributed by atoms with Crippen LogP contribution in [-0.4, -0.2) is 14.7 Å². The van der Waals surface area contributed by atoms with Crippen LogP contribution in [0.2, 0.25) is 10.0 Å². The molecular formula is C22H14Cl2N2O2. The van der Waals surface area contributed by atoms with E-state index in [1.54, 1.807) is 66.7 Å². The summed E-state index contributed by atoms with van der Waals surface area (Å²) in [5.41, 5.74) is 1.24. The number of fused-ring (bicyclic) bond motifs is 1. The van der Waals surface area contributed by atoms with Crippen molar-refractivity contribution < 1.29 is 5.11 Å². The van der Waals surface area contributed by atoms with Crippen LogP contribution in [-0.2, 0) is 0 Å². The Morgan fingerprint density at radius 2 is 1.54 bits per heavy atom. The maximum Gasteiger partial charge on any atom is 0.266 e. The van der Waals surface area contributed by atoms with Crippen molar-refractivity contribution in [2.45, 2.75) is 0 Å². The normalized spacial score (nSPS) is 11.4. The Hall–Kier alpha value is -3.08. The Morgan fingerprint density at radius 3 is 2.29 bits per heavy atom. The molecule has 0 radical (unpaired) electrons. The summed E-state index contributed by atoms with van der Waals surface area (Å²) in [6.07, 6.45) is 3.34. The second kappa shape index (κ2) is 7.50. The summed E-state index contributed by atoms with van der Waals surface area (Å²) in [6.45, 7) is 0. The fraction of sp³-hybridized carbons (Fsp3) is 0. The summed E-state index contributed by atoms with van der Waals surface area (Å²) in [5, 5.41) is 11.1. The topological polar surface area (TPSA) is 55.1 Å². The third kappa shape index (κ3) is 3.28. The van der Waals surface area contributed by atoms with Gasteiger partial charge in [0.1, 0.15) is 11.6 Å². The van der Waals surface area contributed by atoms with Crippen LogP contribution in [0.4, 0.5) is 0 Å². The molecule has 0 aliphatic carbocycles. The Labute approximate surface area is 170 Å². The Balaban J connectivity index is 2.02. The molecule has 28 heavy (non-hydrogen) atoms. The van der Waals surface area contributed by atoms with Crippen LogP contribution in [0.1, 0.15) is 11.4 Å². The lowest BCUT2D eigenvalue weighted by molar-refractivity contribution is 0.474. The van der Waals surface area contributed by atoms with E-state index >= 15 is 0 Å². The minimum absolute atomic E-state index is 0.129. The number of phenols is 1. The molecule has 6 heteroatoms. The van der Waals surface area contributed by atoms with Crippen LogP contribution in [0.25, 0.3) is 28.7 Å². The number of rotatable bonds is 3. The fourth-order valence-electron chi connectivity index (χ4n) is 2.97. The van der Waals surface area contributed by atoms with Crippen molar-refractivity contribution in [1.29, 1.82) is 0 Å². The monoisotopic (exact) mass is 408 g/mol. The highest BCUT2D eigenvalue weighted by Crippen LogP contribution is 2.29. The van der Waals surface area contributed by atoms with E-state index < -0.39 is 0 Å². The summed E-state index contributed by atoms with van der Waals surface area (Å²) in [5.74, 6) is 0.478. The largest absolute Gasteiger partial charge is 0.507 e. The smallest absolute Gasteiger partial charge is 0.266 e. The van der Waals surface area contributed by atoms with E-state index in [0.717, 1.165) is 0 Å². The van der Waals surface area contributed by atoms with Crippen molar-refractivity contribution in [1.82, 2.24) is 9.55 Å². The zero-order valence-corrected chi connectivity index (χ0v) is 16.0. The highest BCUT2D eigenvalue weighted by Gasteiger charge is 2.16. The molecule has 0 spiro atoms. The Bertz CT molecular complexity index is 1260. The maximum atomic E-state index is 13.3. The molecule has 1 N–H and O–H groups in total. The van der Waals surface area contributed by atoms with Crippen molar-refractivity contribution in [2.75, 3.05) is 0 Å². The van der Waals surface area contributed by atoms with Gasteiger partial charge in [-0.15, -0.1) is 0 Å². The molecule has 0 saturated carbocycles. The van der Waals surface area contributed by atoms with Crippen LogP contribution < -0.4 is 5.56 Å². The van der Waals surface area contributed by atoms with Gasteiger partial charge in [0.15, 0.2) is 0 Å². The molecule has 0 unspecified atom stereocenters. The summed E-state index contributed by atoms with van der Waals surface area (Å²) < 4.78 is 1.39. The van der Waals surface area contributed by atoms with Gasteiger partial charge in [-0.3, -0.25) is 9.36 Å². The van der Waals surface area contributed by atoms with Gasteiger partial charge < -0.3 is 5.11 Å². The van der Waals surface area contributed by atoms with Gasteiger partial charge >= 0.3 is 0 Å². The Morgan fingerprint density at radius 1 is 0.857 bits per heavy atom. The van der Waals surface area contributed by atoms with Crippen molar-refractivity contribution in [3.05, 3.63) is 98.5 Å². The number of para-hydroxylation sites is 3. The van der Waals surface area contributed by atoms with E-state index in [1.165, 1.54) is 4.57 Å². The van der Waals surface area contributed by atoms with E-state index in [1.807, 2.05) is 12.1 Å². The molecule has 3 aromatic carbocycles. The SMILES string of the molecule is O=c1c2ccccc2nc(/C=C/c2ccccc2O)n1-c1c(Cl)cccc1Cl. The molecule has 0 fully saturated rings. The molecule has 0 bridgehead atoms. The average molecular weight is 409 g/mol. The fourth-order valence-corrected chi connectivity index (χ4v) is 3.54. The summed E-state index contributed by atoms with van der Waals surface area (Å²) >= 11 is 12.7. The molecule has 0 aliphatic rings. The first-order valence-electron chi connectivity index (χ1n) is 8.48. The van der Waals surface area contributed by atoms with Crippen LogP contribution in [0.15, 0.2) is 71.5 Å². The minimum Gasteiger partial charge on any atom is -0.507 e. The summed E-state index contributed by atoms with van der Waals surface area (Å²) in [7, 11) is 0. The lowest BCUT2D eigenvalue weighted by atomic mass is 10.2. The first-order valence-corrected chi connectivity index (χ1v) is 9.24. The molecule has 0 saturated heterocycles. The molecule has 1 heterocycles. The number of benzene rings is 3. The number of aromatic nitrogens is 2. The molecule has 1 aromatic heterocycles. The molecule has 138 valence electrons. The predicted octanol–water partition coefficient (Wildman–Crippen LogP) is 5.57. The zero-order valence-electron chi connectivity index (χ0n) is 14.5. The van der Waals surface area contributed by atoms with E-state index in [-0.39, 0.29) is 11.3 Å². The van der Waals surface area contributed by atoms with Gasteiger partial charge in [0.25, 0.3) is 5.56 Å². The number of halogens is 2. The first-order chi connectivity index (χ1) is 13.6. The Kier molecular flexibility index (Phi) is 4.90. The van der Waals surface area contributed by atoms with Crippen molar-refractivity contribution in [3.63, 3.8) is 0 Å². The predicted molar refractivity (Wildman–Crippen MR) is 114 cm³/mol. The highest BCUT2D eigenvalue weighted by molar-refractivity contribution is 6.37. The zero-order chi connectivity index (χ0) is 19.7. The van der Waals surface area contributed by atoms with Crippen molar-refractivity contribution in [2.24, 2.45) is 0 Å². The van der Waals surface area contributed by atoms with Crippen LogP contribution >= 0.6 is 23.2 Å². The molecular weight excluding hydrogens is 395 g/mol. The second-order valence-corrected chi connectivity index (χ2v) is 6.90. The molecule has 4 rings (SSSR count). The highest BCUT2D eigenvalue weighted by atomic mass is 35.5. The van der Waals surface area contributed by atoms with Gasteiger partial charge in [-0.25, -0.2) is 4.98 Å². The van der Waals surface area contributed by atoms with E-state index in [2.05, 4.69) is 4.98 Å². The van der Waals surface area contributed by atoms with Gasteiger partial charge in [-0.2, -0.15) is 0 Å². The van der Waals surface area contributed by atoms with E-state index in [9.17, 15) is 9.90 Å². The second-order valence-electron chi connectivity index (χ2n) is 6.09. The number of aromatic hydroxyl groups is 1. The quantitative estimate of drug-likeness (QED) is 0.482. The van der Waals surface area contributed by atoms with Crippen molar-refractivity contribution >= 4 is 46.3 Å². The number of nitrogens with zero attached hydrogens (tertiary/aromatic N) is 2. The number of hydrogen-bond acceptors (Lipinski definition) is 3. The van der Waals surface area contributed by atoms with E-state index in [0.29, 0.717) is 38.0 Å². The summed E-state index contributed by atoms with van der Waals surface area (Å²) in [6, 6.07) is 19.0. The molecule has 0 amide bonds. The van der Waals surface area contributed by atoms with Crippen molar-refractivity contribution in [3.8, 4) is 11.4 Å². The van der Waals surface area contributed by atoms with Gasteiger partial charge in [-0.05, 0) is 42.5 Å². The third-order valence-corrected chi connectivity index (χ3v) is 4.92. The number of hydrogen-bond donors (Lipinski definition) is 1. The van der Waals surface area contributed by atoms with Crippen LogP contribution in [0, 0.1) is 0 Å². The first kappa shape index (κ1) is 18.3. The number of phenolic OH excluding ortho intramolecular Hbond substituents is 1. The third-order valence-electron chi connectivity index (χ3n) is 4.31. The average Bonchev–Trinajstić information content (AvgIpc) is 2.69. The standard InChI is InChI=1S/C22H14Cl2N2O2/c23-16-8-5-9-17(24)21(16)26-20(13-12-14-6-1-4-11-19(14)27)25-18-10-3-2-7-15(18)22(26)28/h1-13,27H/b13-12+.